The van der Waals surface area contributed by atoms with Crippen LogP contribution in [0.15, 0.2) is 12.3 Å². The van der Waals surface area contributed by atoms with Crippen LogP contribution in [0.4, 0.5) is 5.82 Å². The van der Waals surface area contributed by atoms with Gasteiger partial charge in [0, 0.05) is 19.8 Å². The number of aromatic nitrogens is 1. The number of anilines is 1. The van der Waals surface area contributed by atoms with E-state index in [4.69, 9.17) is 17.4 Å². The van der Waals surface area contributed by atoms with Crippen molar-refractivity contribution in [2.45, 2.75) is 6.42 Å². The predicted octanol–water partition coefficient (Wildman–Crippen LogP) is 1.04. The molecule has 1 rings (SSSR count). The van der Waals surface area contributed by atoms with Crippen LogP contribution in [-0.4, -0.2) is 54.9 Å². The molecule has 0 unspecified atom stereocenters. The van der Waals surface area contributed by atoms with E-state index in [0.717, 1.165) is 13.0 Å². The lowest BCUT2D eigenvalue weighted by atomic mass is 10.2. The number of pyridine rings is 1. The highest BCUT2D eigenvalue weighted by molar-refractivity contribution is 6.33. The van der Waals surface area contributed by atoms with Crippen LogP contribution in [0.5, 0.6) is 0 Å². The van der Waals surface area contributed by atoms with Gasteiger partial charge in [-0.3, -0.25) is 4.79 Å². The third-order valence-electron chi connectivity index (χ3n) is 2.67. The number of amides is 1. The van der Waals surface area contributed by atoms with E-state index in [2.05, 4.69) is 15.3 Å². The molecule has 0 saturated carbocycles. The first-order chi connectivity index (χ1) is 8.95. The number of nitrogens with zero attached hydrogens (tertiary/aromatic N) is 3. The van der Waals surface area contributed by atoms with Crippen molar-refractivity contribution in [3.05, 3.63) is 22.8 Å². The highest BCUT2D eigenvalue weighted by atomic mass is 35.5. The zero-order chi connectivity index (χ0) is 14.4. The van der Waals surface area contributed by atoms with Gasteiger partial charge in [-0.25, -0.2) is 10.8 Å². The minimum atomic E-state index is -0.100. The molecular formula is C12H20ClN5O. The van der Waals surface area contributed by atoms with E-state index in [-0.39, 0.29) is 5.91 Å². The number of hydrogen-bond donors (Lipinski definition) is 2. The van der Waals surface area contributed by atoms with Crippen LogP contribution in [0.25, 0.3) is 0 Å². The molecule has 0 bridgehead atoms. The van der Waals surface area contributed by atoms with Crippen molar-refractivity contribution in [2.75, 3.05) is 39.7 Å². The van der Waals surface area contributed by atoms with Gasteiger partial charge in [-0.1, -0.05) is 11.6 Å². The number of halogens is 1. The SMILES string of the molecule is CN(C)CCCN(C)C(=O)c1cnc(NN)c(Cl)c1. The molecule has 0 aromatic carbocycles. The second kappa shape index (κ2) is 7.28. The molecule has 1 aromatic rings. The van der Waals surface area contributed by atoms with Gasteiger partial charge < -0.3 is 15.2 Å². The van der Waals surface area contributed by atoms with E-state index in [9.17, 15) is 4.79 Å². The maximum absolute atomic E-state index is 12.1. The van der Waals surface area contributed by atoms with Crippen molar-refractivity contribution >= 4 is 23.3 Å². The summed E-state index contributed by atoms with van der Waals surface area (Å²) in [7, 11) is 5.77. The zero-order valence-corrected chi connectivity index (χ0v) is 12.2. The predicted molar refractivity (Wildman–Crippen MR) is 77.2 cm³/mol. The van der Waals surface area contributed by atoms with Gasteiger partial charge in [0.05, 0.1) is 10.6 Å². The monoisotopic (exact) mass is 285 g/mol. The smallest absolute Gasteiger partial charge is 0.255 e. The molecule has 3 N–H and O–H groups in total. The van der Waals surface area contributed by atoms with Gasteiger partial charge in [0.2, 0.25) is 0 Å². The molecule has 1 heterocycles. The molecule has 7 heteroatoms. The van der Waals surface area contributed by atoms with Gasteiger partial charge in [0.1, 0.15) is 0 Å². The number of nitrogen functional groups attached to an aromatic ring is 1. The average molecular weight is 286 g/mol. The summed E-state index contributed by atoms with van der Waals surface area (Å²) in [6, 6.07) is 1.56. The lowest BCUT2D eigenvalue weighted by Crippen LogP contribution is -2.30. The number of rotatable bonds is 6. The Morgan fingerprint density at radius 2 is 2.11 bits per heavy atom. The molecule has 0 radical (unpaired) electrons. The first-order valence-electron chi connectivity index (χ1n) is 5.98. The lowest BCUT2D eigenvalue weighted by Gasteiger charge is -2.18. The van der Waals surface area contributed by atoms with Gasteiger partial charge in [-0.2, -0.15) is 0 Å². The van der Waals surface area contributed by atoms with Crippen molar-refractivity contribution in [3.63, 3.8) is 0 Å². The summed E-state index contributed by atoms with van der Waals surface area (Å²) in [5.74, 6) is 5.49. The minimum Gasteiger partial charge on any atom is -0.342 e. The van der Waals surface area contributed by atoms with E-state index < -0.39 is 0 Å². The number of hydrogen-bond acceptors (Lipinski definition) is 5. The van der Waals surface area contributed by atoms with Crippen molar-refractivity contribution in [1.29, 1.82) is 0 Å². The molecule has 0 aliphatic rings. The lowest BCUT2D eigenvalue weighted by molar-refractivity contribution is 0.0790. The third-order valence-corrected chi connectivity index (χ3v) is 2.96. The van der Waals surface area contributed by atoms with E-state index >= 15 is 0 Å². The molecule has 0 saturated heterocycles. The molecule has 0 fully saturated rings. The topological polar surface area (TPSA) is 74.5 Å². The summed E-state index contributed by atoms with van der Waals surface area (Å²) in [5, 5.41) is 0.329. The Labute approximate surface area is 118 Å². The number of carbonyl (C=O) groups excluding carboxylic acids is 1. The van der Waals surface area contributed by atoms with Crippen LogP contribution in [0, 0.1) is 0 Å². The average Bonchev–Trinajstić information content (AvgIpc) is 2.37. The van der Waals surface area contributed by atoms with Crippen LogP contribution in [0.2, 0.25) is 5.02 Å². The summed E-state index contributed by atoms with van der Waals surface area (Å²) < 4.78 is 0. The number of nitrogens with two attached hydrogens (primary N) is 1. The summed E-state index contributed by atoms with van der Waals surface area (Å²) in [6.45, 7) is 1.62. The summed E-state index contributed by atoms with van der Waals surface area (Å²) in [6.07, 6.45) is 2.38. The van der Waals surface area contributed by atoms with E-state index in [1.54, 1.807) is 18.0 Å². The third kappa shape index (κ3) is 4.66. The van der Waals surface area contributed by atoms with Crippen molar-refractivity contribution < 1.29 is 4.79 Å². The molecule has 0 aliphatic carbocycles. The van der Waals surface area contributed by atoms with Crippen LogP contribution >= 0.6 is 11.6 Å². The molecule has 1 aromatic heterocycles. The van der Waals surface area contributed by atoms with Crippen LogP contribution in [0.1, 0.15) is 16.8 Å². The molecule has 0 spiro atoms. The van der Waals surface area contributed by atoms with Crippen LogP contribution in [-0.2, 0) is 0 Å². The maximum Gasteiger partial charge on any atom is 0.255 e. The molecule has 0 atom stereocenters. The Hall–Kier alpha value is -1.37. The standard InChI is InChI=1S/C12H20ClN5O/c1-17(2)5-4-6-18(3)12(19)9-7-10(13)11(16-14)15-8-9/h7-8H,4-6,14H2,1-3H3,(H,15,16). The Kier molecular flexibility index (Phi) is 6.01. The summed E-state index contributed by atoms with van der Waals surface area (Å²) in [4.78, 5) is 19.9. The molecule has 1 amide bonds. The fourth-order valence-corrected chi connectivity index (χ4v) is 1.83. The fourth-order valence-electron chi connectivity index (χ4n) is 1.61. The Bertz CT molecular complexity index is 438. The Balaban J connectivity index is 2.64. The molecule has 106 valence electrons. The second-order valence-electron chi connectivity index (χ2n) is 4.58. The van der Waals surface area contributed by atoms with E-state index in [1.807, 2.05) is 14.1 Å². The molecule has 0 aliphatic heterocycles. The molecule has 19 heavy (non-hydrogen) atoms. The quantitative estimate of drug-likeness (QED) is 0.603. The van der Waals surface area contributed by atoms with Gasteiger partial charge in [-0.05, 0) is 33.1 Å². The minimum absolute atomic E-state index is 0.100. The number of carbonyl (C=O) groups is 1. The Morgan fingerprint density at radius 1 is 1.42 bits per heavy atom. The van der Waals surface area contributed by atoms with E-state index in [1.165, 1.54) is 6.20 Å². The summed E-state index contributed by atoms with van der Waals surface area (Å²) >= 11 is 5.94. The largest absolute Gasteiger partial charge is 0.342 e. The van der Waals surface area contributed by atoms with Crippen molar-refractivity contribution in [3.8, 4) is 0 Å². The van der Waals surface area contributed by atoms with Crippen LogP contribution < -0.4 is 11.3 Å². The van der Waals surface area contributed by atoms with Crippen LogP contribution in [0.3, 0.4) is 0 Å². The summed E-state index contributed by atoms with van der Waals surface area (Å²) in [5.41, 5.74) is 2.82. The van der Waals surface area contributed by atoms with Gasteiger partial charge in [0.25, 0.3) is 5.91 Å². The second-order valence-corrected chi connectivity index (χ2v) is 4.99. The normalized spacial score (nSPS) is 10.6. The maximum atomic E-state index is 12.1. The zero-order valence-electron chi connectivity index (χ0n) is 11.5. The van der Waals surface area contributed by atoms with E-state index in [0.29, 0.717) is 22.9 Å². The molecule has 6 nitrogen and oxygen atoms in total. The number of hydrazine groups is 1. The van der Waals surface area contributed by atoms with Gasteiger partial charge in [0.15, 0.2) is 5.82 Å². The highest BCUT2D eigenvalue weighted by Gasteiger charge is 2.13. The van der Waals surface area contributed by atoms with Gasteiger partial charge in [-0.15, -0.1) is 0 Å². The molecular weight excluding hydrogens is 266 g/mol. The van der Waals surface area contributed by atoms with Gasteiger partial charge >= 0.3 is 0 Å². The first-order valence-corrected chi connectivity index (χ1v) is 6.36. The number of nitrogens with one attached hydrogen (secondary N) is 1. The van der Waals surface area contributed by atoms with Crippen molar-refractivity contribution in [1.82, 2.24) is 14.8 Å². The van der Waals surface area contributed by atoms with Crippen molar-refractivity contribution in [2.24, 2.45) is 5.84 Å². The fraction of sp³-hybridized carbons (Fsp3) is 0.500. The first kappa shape index (κ1) is 15.7. The Morgan fingerprint density at radius 3 is 2.63 bits per heavy atom. The highest BCUT2D eigenvalue weighted by Crippen LogP contribution is 2.19.